The number of nitrogens with zero attached hydrogens (tertiary/aromatic N) is 1. The minimum absolute atomic E-state index is 0.0425. The van der Waals surface area contributed by atoms with Crippen molar-refractivity contribution in [3.05, 3.63) is 30.1 Å². The van der Waals surface area contributed by atoms with Crippen LogP contribution in [0.25, 0.3) is 0 Å². The Hall–Kier alpha value is -1.67. The van der Waals surface area contributed by atoms with E-state index in [-0.39, 0.29) is 36.5 Å². The van der Waals surface area contributed by atoms with Gasteiger partial charge in [-0.3, -0.25) is 4.79 Å². The maximum Gasteiger partial charge on any atom is 0.224 e. The number of sulfonamides is 1. The maximum absolute atomic E-state index is 12.7. The topological polar surface area (TPSA) is 75.7 Å². The number of likely N-dealkylation sites (N-methyl/N-ethyl adjacent to an activating group) is 1. The quantitative estimate of drug-likeness (QED) is 0.800. The highest BCUT2D eigenvalue weighted by atomic mass is 32.2. The number of ether oxygens (including phenoxy) is 1. The number of nitrogens with one attached hydrogen (secondary N) is 1. The van der Waals surface area contributed by atoms with E-state index in [1.165, 1.54) is 24.3 Å². The van der Waals surface area contributed by atoms with Crippen molar-refractivity contribution in [3.63, 3.8) is 0 Å². The number of hydrogen-bond acceptors (Lipinski definition) is 4. The van der Waals surface area contributed by atoms with Gasteiger partial charge in [-0.15, -0.1) is 0 Å². The van der Waals surface area contributed by atoms with Crippen LogP contribution in [-0.4, -0.2) is 50.7 Å². The number of rotatable bonds is 7. The van der Waals surface area contributed by atoms with Crippen molar-refractivity contribution in [1.82, 2.24) is 9.62 Å². The molecule has 0 aromatic heterocycles. The van der Waals surface area contributed by atoms with Crippen LogP contribution < -0.4 is 9.46 Å². The van der Waals surface area contributed by atoms with Gasteiger partial charge in [0.25, 0.3) is 0 Å². The van der Waals surface area contributed by atoms with Crippen molar-refractivity contribution in [2.75, 3.05) is 25.4 Å². The second kappa shape index (κ2) is 7.06. The average Bonchev–Trinajstić information content (AvgIpc) is 2.80. The first-order valence-electron chi connectivity index (χ1n) is 7.06. The first-order chi connectivity index (χ1) is 10.4. The molecule has 22 heavy (non-hydrogen) atoms. The summed E-state index contributed by atoms with van der Waals surface area (Å²) in [5.74, 6) is -0.239. The van der Waals surface area contributed by atoms with E-state index in [1.54, 1.807) is 4.90 Å². The van der Waals surface area contributed by atoms with Gasteiger partial charge in [-0.2, -0.15) is 0 Å². The third-order valence-corrected chi connectivity index (χ3v) is 4.77. The molecule has 1 fully saturated rings. The molecule has 1 heterocycles. The zero-order chi connectivity index (χ0) is 16.2. The van der Waals surface area contributed by atoms with E-state index >= 15 is 0 Å². The summed E-state index contributed by atoms with van der Waals surface area (Å²) in [6.07, 6.45) is 0.186. The Kier molecular flexibility index (Phi) is 5.36. The molecular weight excluding hydrogens is 311 g/mol. The lowest BCUT2D eigenvalue weighted by molar-refractivity contribution is -0.127. The van der Waals surface area contributed by atoms with E-state index < -0.39 is 10.0 Å². The van der Waals surface area contributed by atoms with Crippen LogP contribution in [0.15, 0.2) is 24.3 Å². The molecule has 1 saturated heterocycles. The van der Waals surface area contributed by atoms with Crippen molar-refractivity contribution in [2.45, 2.75) is 19.4 Å². The minimum atomic E-state index is -3.53. The Morgan fingerprint density at radius 2 is 2.05 bits per heavy atom. The van der Waals surface area contributed by atoms with Crippen LogP contribution in [0.4, 0.5) is 4.39 Å². The third kappa shape index (κ3) is 4.67. The van der Waals surface area contributed by atoms with Crippen molar-refractivity contribution in [1.29, 1.82) is 0 Å². The van der Waals surface area contributed by atoms with Gasteiger partial charge in [0, 0.05) is 25.6 Å². The molecule has 0 spiro atoms. The average molecular weight is 330 g/mol. The van der Waals surface area contributed by atoms with E-state index in [0.29, 0.717) is 18.8 Å². The molecule has 2 rings (SSSR count). The van der Waals surface area contributed by atoms with Crippen molar-refractivity contribution in [2.24, 2.45) is 0 Å². The largest absolute Gasteiger partial charge is 0.492 e. The Bertz CT molecular complexity index is 618. The van der Waals surface area contributed by atoms with E-state index in [2.05, 4.69) is 4.72 Å². The summed E-state index contributed by atoms with van der Waals surface area (Å²) in [5.41, 5.74) is 0. The van der Waals surface area contributed by atoms with Gasteiger partial charge in [0.15, 0.2) is 0 Å². The molecule has 0 saturated carbocycles. The molecule has 0 bridgehead atoms. The molecule has 1 unspecified atom stereocenters. The van der Waals surface area contributed by atoms with Gasteiger partial charge in [0.05, 0.1) is 5.75 Å². The number of hydrogen-bond donors (Lipinski definition) is 1. The van der Waals surface area contributed by atoms with Crippen LogP contribution in [0.1, 0.15) is 13.3 Å². The summed E-state index contributed by atoms with van der Waals surface area (Å²) in [7, 11) is -3.53. The van der Waals surface area contributed by atoms with Crippen LogP contribution in [0.5, 0.6) is 5.75 Å². The molecule has 1 N–H and O–H groups in total. The first kappa shape index (κ1) is 16.7. The molecule has 8 heteroatoms. The third-order valence-electron chi connectivity index (χ3n) is 3.38. The number of amides is 1. The summed E-state index contributed by atoms with van der Waals surface area (Å²) < 4.78 is 44.4. The highest BCUT2D eigenvalue weighted by molar-refractivity contribution is 7.89. The molecule has 1 amide bonds. The summed E-state index contributed by atoms with van der Waals surface area (Å²) >= 11 is 0. The Morgan fingerprint density at radius 3 is 2.64 bits per heavy atom. The number of halogens is 1. The standard InChI is InChI=1S/C14H19FN2O4S/c1-2-17-10-12(9-14(17)18)16-22(19,20)8-7-21-13-5-3-11(15)4-6-13/h3-6,12,16H,2,7-10H2,1H3. The zero-order valence-electron chi connectivity index (χ0n) is 12.3. The number of carbonyl (C=O) groups is 1. The lowest BCUT2D eigenvalue weighted by Crippen LogP contribution is -2.39. The Labute approximate surface area is 129 Å². The fraction of sp³-hybridized carbons (Fsp3) is 0.500. The van der Waals surface area contributed by atoms with Crippen molar-refractivity contribution in [3.8, 4) is 5.75 Å². The maximum atomic E-state index is 12.7. The van der Waals surface area contributed by atoms with Gasteiger partial charge in [-0.25, -0.2) is 17.5 Å². The number of carbonyl (C=O) groups excluding carboxylic acids is 1. The van der Waals surface area contributed by atoms with Crippen molar-refractivity contribution >= 4 is 15.9 Å². The van der Waals surface area contributed by atoms with Gasteiger partial charge in [-0.1, -0.05) is 0 Å². The normalized spacial score (nSPS) is 18.7. The molecule has 1 atom stereocenters. The molecular formula is C14H19FN2O4S. The van der Waals surface area contributed by atoms with Gasteiger partial charge in [-0.05, 0) is 31.2 Å². The van der Waals surface area contributed by atoms with Crippen molar-refractivity contribution < 1.29 is 22.3 Å². The van der Waals surface area contributed by atoms with E-state index in [4.69, 9.17) is 4.74 Å². The monoisotopic (exact) mass is 330 g/mol. The van der Waals surface area contributed by atoms with Gasteiger partial charge >= 0.3 is 0 Å². The molecule has 1 aromatic carbocycles. The predicted octanol–water partition coefficient (Wildman–Crippen LogP) is 0.745. The smallest absolute Gasteiger partial charge is 0.224 e. The SMILES string of the molecule is CCN1CC(NS(=O)(=O)CCOc2ccc(F)cc2)CC1=O. The van der Waals surface area contributed by atoms with E-state index in [1.807, 2.05) is 6.92 Å². The molecule has 1 aromatic rings. The molecule has 122 valence electrons. The Morgan fingerprint density at radius 1 is 1.36 bits per heavy atom. The lowest BCUT2D eigenvalue weighted by atomic mass is 10.3. The number of likely N-dealkylation sites (tertiary alicyclic amines) is 1. The Balaban J connectivity index is 1.79. The van der Waals surface area contributed by atoms with Gasteiger partial charge in [0.2, 0.25) is 15.9 Å². The highest BCUT2D eigenvalue weighted by Crippen LogP contribution is 2.13. The summed E-state index contributed by atoms with van der Waals surface area (Å²) in [6, 6.07) is 4.97. The minimum Gasteiger partial charge on any atom is -0.492 e. The highest BCUT2D eigenvalue weighted by Gasteiger charge is 2.31. The fourth-order valence-corrected chi connectivity index (χ4v) is 3.36. The van der Waals surface area contributed by atoms with Crippen LogP contribution in [0.3, 0.4) is 0 Å². The zero-order valence-corrected chi connectivity index (χ0v) is 13.1. The molecule has 0 radical (unpaired) electrons. The molecule has 0 aliphatic carbocycles. The van der Waals surface area contributed by atoms with Gasteiger partial charge < -0.3 is 9.64 Å². The van der Waals surface area contributed by atoms with Crippen LogP contribution in [0.2, 0.25) is 0 Å². The summed E-state index contributed by atoms with van der Waals surface area (Å²) in [5, 5.41) is 0. The van der Waals surface area contributed by atoms with E-state index in [9.17, 15) is 17.6 Å². The molecule has 6 nitrogen and oxygen atoms in total. The second-order valence-electron chi connectivity index (χ2n) is 5.07. The van der Waals surface area contributed by atoms with Crippen LogP contribution in [-0.2, 0) is 14.8 Å². The molecule has 1 aliphatic heterocycles. The predicted molar refractivity (Wildman–Crippen MR) is 79.5 cm³/mol. The fourth-order valence-electron chi connectivity index (χ4n) is 2.27. The second-order valence-corrected chi connectivity index (χ2v) is 6.95. The summed E-state index contributed by atoms with van der Waals surface area (Å²) in [4.78, 5) is 13.2. The first-order valence-corrected chi connectivity index (χ1v) is 8.71. The summed E-state index contributed by atoms with van der Waals surface area (Å²) in [6.45, 7) is 2.78. The number of benzene rings is 1. The van der Waals surface area contributed by atoms with E-state index in [0.717, 1.165) is 0 Å². The molecule has 1 aliphatic rings. The van der Waals surface area contributed by atoms with Crippen LogP contribution in [0, 0.1) is 5.82 Å². The van der Waals surface area contributed by atoms with Crippen LogP contribution >= 0.6 is 0 Å². The lowest BCUT2D eigenvalue weighted by Gasteiger charge is -2.15. The van der Waals surface area contributed by atoms with Gasteiger partial charge in [0.1, 0.15) is 18.2 Å².